The lowest BCUT2D eigenvalue weighted by atomic mass is 10.1. The first-order valence-electron chi connectivity index (χ1n) is 5.13. The summed E-state index contributed by atoms with van der Waals surface area (Å²) in [5.41, 5.74) is -0.00815. The van der Waals surface area contributed by atoms with E-state index in [2.05, 4.69) is 10.3 Å². The summed E-state index contributed by atoms with van der Waals surface area (Å²) >= 11 is 0. The number of aliphatic hydroxyl groups excluding tert-OH is 1. The third-order valence-corrected chi connectivity index (χ3v) is 2.25. The lowest BCUT2D eigenvalue weighted by Crippen LogP contribution is -2.29. The molecule has 1 aromatic heterocycles. The van der Waals surface area contributed by atoms with Crippen LogP contribution in [0, 0.1) is 11.7 Å². The minimum Gasteiger partial charge on any atom is -0.396 e. The zero-order valence-corrected chi connectivity index (χ0v) is 9.11. The van der Waals surface area contributed by atoms with Gasteiger partial charge in [-0.2, -0.15) is 0 Å². The maximum Gasteiger partial charge on any atom is 0.254 e. The number of aliphatic hydroxyl groups is 1. The average molecular weight is 226 g/mol. The maximum absolute atomic E-state index is 13.1. The molecule has 0 saturated carbocycles. The van der Waals surface area contributed by atoms with E-state index >= 15 is 0 Å². The lowest BCUT2D eigenvalue weighted by molar-refractivity contribution is 0.0941. The monoisotopic (exact) mass is 226 g/mol. The van der Waals surface area contributed by atoms with Crippen molar-refractivity contribution in [3.05, 3.63) is 29.8 Å². The molecule has 0 fully saturated rings. The molecule has 0 aliphatic rings. The van der Waals surface area contributed by atoms with Crippen molar-refractivity contribution in [3.63, 3.8) is 0 Å². The smallest absolute Gasteiger partial charge is 0.254 e. The van der Waals surface area contributed by atoms with Gasteiger partial charge in [0.2, 0.25) is 0 Å². The van der Waals surface area contributed by atoms with Gasteiger partial charge in [-0.25, -0.2) is 4.39 Å². The third kappa shape index (κ3) is 3.58. The molecule has 0 saturated heterocycles. The normalized spacial score (nSPS) is 12.2. The molecule has 88 valence electrons. The van der Waals surface area contributed by atoms with E-state index in [0.29, 0.717) is 13.0 Å². The van der Waals surface area contributed by atoms with Crippen molar-refractivity contribution in [2.45, 2.75) is 13.3 Å². The molecule has 5 heteroatoms. The molecule has 1 unspecified atom stereocenters. The summed E-state index contributed by atoms with van der Waals surface area (Å²) in [6.45, 7) is 2.40. The number of amides is 1. The minimum atomic E-state index is -0.630. The first-order valence-corrected chi connectivity index (χ1v) is 5.13. The van der Waals surface area contributed by atoms with Crippen molar-refractivity contribution in [2.24, 2.45) is 5.92 Å². The van der Waals surface area contributed by atoms with Crippen LogP contribution in [0.25, 0.3) is 0 Å². The molecule has 0 spiro atoms. The molecule has 1 heterocycles. The highest BCUT2D eigenvalue weighted by Gasteiger charge is 2.11. The Labute approximate surface area is 93.5 Å². The van der Waals surface area contributed by atoms with E-state index < -0.39 is 11.7 Å². The Bertz CT molecular complexity index is 358. The highest BCUT2D eigenvalue weighted by Crippen LogP contribution is 2.05. The average Bonchev–Trinajstić information content (AvgIpc) is 2.27. The quantitative estimate of drug-likeness (QED) is 0.786. The first kappa shape index (κ1) is 12.6. The predicted molar refractivity (Wildman–Crippen MR) is 57.4 cm³/mol. The van der Waals surface area contributed by atoms with Gasteiger partial charge in [0.05, 0.1) is 11.8 Å². The molecule has 0 aromatic carbocycles. The zero-order chi connectivity index (χ0) is 12.0. The fourth-order valence-corrected chi connectivity index (χ4v) is 1.24. The Morgan fingerprint density at radius 1 is 1.69 bits per heavy atom. The Morgan fingerprint density at radius 3 is 3.06 bits per heavy atom. The topological polar surface area (TPSA) is 62.2 Å². The van der Waals surface area contributed by atoms with Gasteiger partial charge >= 0.3 is 0 Å². The minimum absolute atomic E-state index is 0.00815. The Balaban J connectivity index is 2.50. The number of pyridine rings is 1. The van der Waals surface area contributed by atoms with Crippen LogP contribution in [-0.2, 0) is 0 Å². The van der Waals surface area contributed by atoms with E-state index in [0.717, 1.165) is 6.20 Å². The number of carbonyl (C=O) groups is 1. The van der Waals surface area contributed by atoms with Gasteiger partial charge in [-0.1, -0.05) is 6.92 Å². The van der Waals surface area contributed by atoms with Gasteiger partial charge in [-0.3, -0.25) is 9.78 Å². The van der Waals surface area contributed by atoms with Crippen molar-refractivity contribution in [2.75, 3.05) is 13.2 Å². The van der Waals surface area contributed by atoms with E-state index in [1.165, 1.54) is 12.3 Å². The van der Waals surface area contributed by atoms with Crippen molar-refractivity contribution >= 4 is 5.91 Å². The molecule has 1 rings (SSSR count). The van der Waals surface area contributed by atoms with Crippen LogP contribution in [0.15, 0.2) is 18.5 Å². The van der Waals surface area contributed by atoms with Crippen LogP contribution in [0.1, 0.15) is 23.7 Å². The summed E-state index contributed by atoms with van der Waals surface area (Å²) in [6, 6.07) is 1.33. The summed E-state index contributed by atoms with van der Waals surface area (Å²) in [7, 11) is 0. The van der Waals surface area contributed by atoms with Gasteiger partial charge in [-0.15, -0.1) is 0 Å². The SMILES string of the molecule is CC(CCO)CNC(=O)c1ccncc1F. The molecule has 0 radical (unpaired) electrons. The molecule has 16 heavy (non-hydrogen) atoms. The largest absolute Gasteiger partial charge is 0.396 e. The summed E-state index contributed by atoms with van der Waals surface area (Å²) in [4.78, 5) is 15.1. The van der Waals surface area contributed by atoms with E-state index in [1.807, 2.05) is 6.92 Å². The summed E-state index contributed by atoms with van der Waals surface area (Å²) < 4.78 is 13.1. The Hall–Kier alpha value is -1.49. The number of aromatic nitrogens is 1. The van der Waals surface area contributed by atoms with Gasteiger partial charge < -0.3 is 10.4 Å². The second kappa shape index (κ2) is 6.17. The van der Waals surface area contributed by atoms with Gasteiger partial charge in [0.1, 0.15) is 0 Å². The summed E-state index contributed by atoms with van der Waals surface area (Å²) in [5, 5.41) is 11.3. The van der Waals surface area contributed by atoms with Crippen molar-refractivity contribution in [3.8, 4) is 0 Å². The van der Waals surface area contributed by atoms with Gasteiger partial charge in [-0.05, 0) is 18.4 Å². The summed E-state index contributed by atoms with van der Waals surface area (Å²) in [5.74, 6) is -0.918. The van der Waals surface area contributed by atoms with Crippen LogP contribution >= 0.6 is 0 Å². The molecule has 2 N–H and O–H groups in total. The van der Waals surface area contributed by atoms with Crippen molar-refractivity contribution < 1.29 is 14.3 Å². The molecule has 0 aliphatic carbocycles. The molecular formula is C11H15FN2O2. The Morgan fingerprint density at radius 2 is 2.44 bits per heavy atom. The molecule has 1 amide bonds. The summed E-state index contributed by atoms with van der Waals surface area (Å²) in [6.07, 6.45) is 2.99. The molecule has 1 atom stereocenters. The van der Waals surface area contributed by atoms with Gasteiger partial charge in [0.25, 0.3) is 5.91 Å². The highest BCUT2D eigenvalue weighted by atomic mass is 19.1. The number of nitrogens with one attached hydrogen (secondary N) is 1. The number of hydrogen-bond donors (Lipinski definition) is 2. The van der Waals surface area contributed by atoms with E-state index in [1.54, 1.807) is 0 Å². The van der Waals surface area contributed by atoms with E-state index in [9.17, 15) is 9.18 Å². The van der Waals surface area contributed by atoms with Crippen LogP contribution in [-0.4, -0.2) is 29.1 Å². The lowest BCUT2D eigenvalue weighted by Gasteiger charge is -2.11. The van der Waals surface area contributed by atoms with Crippen LogP contribution in [0.5, 0.6) is 0 Å². The van der Waals surface area contributed by atoms with Crippen LogP contribution < -0.4 is 5.32 Å². The second-order valence-corrected chi connectivity index (χ2v) is 3.68. The second-order valence-electron chi connectivity index (χ2n) is 3.68. The van der Waals surface area contributed by atoms with Crippen LogP contribution in [0.4, 0.5) is 4.39 Å². The van der Waals surface area contributed by atoms with E-state index in [-0.39, 0.29) is 18.1 Å². The number of rotatable bonds is 5. The van der Waals surface area contributed by atoms with Gasteiger partial charge in [0, 0.05) is 19.3 Å². The number of hydrogen-bond acceptors (Lipinski definition) is 3. The predicted octanol–water partition coefficient (Wildman–Crippen LogP) is 0.969. The maximum atomic E-state index is 13.1. The molecule has 0 bridgehead atoms. The number of carbonyl (C=O) groups excluding carboxylic acids is 1. The Kier molecular flexibility index (Phi) is 4.85. The zero-order valence-electron chi connectivity index (χ0n) is 9.11. The van der Waals surface area contributed by atoms with Crippen molar-refractivity contribution in [1.82, 2.24) is 10.3 Å². The standard InChI is InChI=1S/C11H15FN2O2/c1-8(3-5-15)6-14-11(16)9-2-4-13-7-10(9)12/h2,4,7-8,15H,3,5-6H2,1H3,(H,14,16). The molecule has 0 aliphatic heterocycles. The fraction of sp³-hybridized carbons (Fsp3) is 0.455. The highest BCUT2D eigenvalue weighted by molar-refractivity contribution is 5.94. The first-order chi connectivity index (χ1) is 7.65. The molecule has 4 nitrogen and oxygen atoms in total. The van der Waals surface area contributed by atoms with Crippen LogP contribution in [0.2, 0.25) is 0 Å². The number of nitrogens with zero attached hydrogens (tertiary/aromatic N) is 1. The third-order valence-electron chi connectivity index (χ3n) is 2.25. The molecular weight excluding hydrogens is 211 g/mol. The fourth-order valence-electron chi connectivity index (χ4n) is 1.24. The van der Waals surface area contributed by atoms with Crippen LogP contribution in [0.3, 0.4) is 0 Å². The number of halogens is 1. The van der Waals surface area contributed by atoms with Crippen molar-refractivity contribution in [1.29, 1.82) is 0 Å². The molecule has 1 aromatic rings. The van der Waals surface area contributed by atoms with Gasteiger partial charge in [0.15, 0.2) is 5.82 Å². The van der Waals surface area contributed by atoms with E-state index in [4.69, 9.17) is 5.11 Å².